The van der Waals surface area contributed by atoms with Crippen molar-refractivity contribution < 1.29 is 19.1 Å². The van der Waals surface area contributed by atoms with Crippen LogP contribution in [0.3, 0.4) is 0 Å². The van der Waals surface area contributed by atoms with Gasteiger partial charge in [0.05, 0.1) is 12.6 Å². The molecule has 0 aromatic heterocycles. The van der Waals surface area contributed by atoms with Gasteiger partial charge in [-0.3, -0.25) is 14.5 Å². The van der Waals surface area contributed by atoms with Crippen molar-refractivity contribution in [2.45, 2.75) is 18.2 Å². The molecule has 0 aliphatic carbocycles. The molecule has 2 aliphatic heterocycles. The number of carboxylic acids is 1. The molecule has 28 heavy (non-hydrogen) atoms. The van der Waals surface area contributed by atoms with Gasteiger partial charge in [0.2, 0.25) is 5.91 Å². The van der Waals surface area contributed by atoms with Gasteiger partial charge >= 0.3 is 5.97 Å². The van der Waals surface area contributed by atoms with E-state index >= 15 is 0 Å². The fraction of sp³-hybridized carbons (Fsp3) is 0.444. The fourth-order valence-corrected chi connectivity index (χ4v) is 3.83. The summed E-state index contributed by atoms with van der Waals surface area (Å²) in [7, 11) is 2.08. The topological polar surface area (TPSA) is 97.6 Å². The Labute approximate surface area is 166 Å². The van der Waals surface area contributed by atoms with E-state index in [0.717, 1.165) is 37.9 Å². The molecule has 0 saturated carbocycles. The first-order valence-corrected chi connectivity index (χ1v) is 9.78. The van der Waals surface area contributed by atoms with E-state index in [0.29, 0.717) is 17.7 Å². The summed E-state index contributed by atoms with van der Waals surface area (Å²) in [6.07, 6.45) is 1.12. The molecule has 0 radical (unpaired) electrons. The van der Waals surface area contributed by atoms with Gasteiger partial charge in [-0.25, -0.2) is 4.39 Å². The number of amidine groups is 1. The zero-order valence-electron chi connectivity index (χ0n) is 15.5. The van der Waals surface area contributed by atoms with Crippen molar-refractivity contribution in [3.05, 3.63) is 35.1 Å². The van der Waals surface area contributed by atoms with E-state index in [2.05, 4.69) is 32.4 Å². The minimum atomic E-state index is -1.05. The number of likely N-dealkylation sites (N-methyl/N-ethyl adjacent to an activating group) is 1. The van der Waals surface area contributed by atoms with E-state index in [4.69, 9.17) is 5.11 Å². The predicted molar refractivity (Wildman–Crippen MR) is 106 cm³/mol. The lowest BCUT2D eigenvalue weighted by molar-refractivity contribution is -0.138. The number of hydrogen-bond acceptors (Lipinski definition) is 7. The van der Waals surface area contributed by atoms with Crippen LogP contribution >= 0.6 is 11.8 Å². The number of amides is 1. The summed E-state index contributed by atoms with van der Waals surface area (Å²) in [4.78, 5) is 26.8. The van der Waals surface area contributed by atoms with Gasteiger partial charge in [0.15, 0.2) is 5.17 Å². The number of thioether (sulfide) groups is 1. The molecule has 2 saturated heterocycles. The standard InChI is InChI=1S/C18H22FN5O3S/c1-23-4-6-24(7-5-23)11-13-3-2-12(8-14(13)19)10-20-22-18-21-17(27)15(28-18)9-16(25)26/h2-3,8,10,15H,4-7,9,11H2,1H3,(H,25,26)(H,21,22,27). The third kappa shape index (κ3) is 5.60. The number of carbonyl (C=O) groups excluding carboxylic acids is 1. The molecule has 0 bridgehead atoms. The summed E-state index contributed by atoms with van der Waals surface area (Å²) in [5.41, 5.74) is 1.20. The third-order valence-corrected chi connectivity index (χ3v) is 5.63. The number of piperazine rings is 1. The second-order valence-electron chi connectivity index (χ2n) is 6.77. The molecule has 1 amide bonds. The lowest BCUT2D eigenvalue weighted by Gasteiger charge is -2.32. The highest BCUT2D eigenvalue weighted by Gasteiger charge is 2.32. The van der Waals surface area contributed by atoms with Gasteiger partial charge in [-0.1, -0.05) is 23.9 Å². The predicted octanol–water partition coefficient (Wildman–Crippen LogP) is 0.969. The number of carboxylic acid groups (broad SMARTS) is 1. The Bertz CT molecular complexity index is 808. The van der Waals surface area contributed by atoms with Crippen molar-refractivity contribution >= 4 is 35.0 Å². The first-order chi connectivity index (χ1) is 13.4. The molecule has 2 heterocycles. The Kier molecular flexibility index (Phi) is 6.76. The van der Waals surface area contributed by atoms with E-state index in [1.54, 1.807) is 12.1 Å². The maximum Gasteiger partial charge on any atom is 0.305 e. The smallest absolute Gasteiger partial charge is 0.305 e. The van der Waals surface area contributed by atoms with Crippen molar-refractivity contribution in [2.24, 2.45) is 10.2 Å². The van der Waals surface area contributed by atoms with Crippen LogP contribution in [0.25, 0.3) is 0 Å². The first kappa shape index (κ1) is 20.4. The maximum atomic E-state index is 14.4. The normalized spacial score (nSPS) is 22.9. The number of aliphatic carboxylic acids is 1. The highest BCUT2D eigenvalue weighted by molar-refractivity contribution is 8.15. The minimum Gasteiger partial charge on any atom is -0.481 e. The molecule has 1 aromatic carbocycles. The van der Waals surface area contributed by atoms with Crippen LogP contribution < -0.4 is 5.32 Å². The van der Waals surface area contributed by atoms with Gasteiger partial charge in [-0.15, -0.1) is 5.10 Å². The molecule has 10 heteroatoms. The van der Waals surface area contributed by atoms with Crippen LogP contribution in [0, 0.1) is 5.82 Å². The van der Waals surface area contributed by atoms with Crippen LogP contribution in [-0.2, 0) is 16.1 Å². The first-order valence-electron chi connectivity index (χ1n) is 8.90. The Morgan fingerprint density at radius 3 is 2.82 bits per heavy atom. The monoisotopic (exact) mass is 407 g/mol. The summed E-state index contributed by atoms with van der Waals surface area (Å²) >= 11 is 1.02. The summed E-state index contributed by atoms with van der Waals surface area (Å²) in [6, 6.07) is 4.92. The van der Waals surface area contributed by atoms with E-state index in [1.807, 2.05) is 0 Å². The quantitative estimate of drug-likeness (QED) is 0.539. The van der Waals surface area contributed by atoms with Crippen molar-refractivity contribution in [3.8, 4) is 0 Å². The van der Waals surface area contributed by atoms with Crippen molar-refractivity contribution in [2.75, 3.05) is 33.2 Å². The Balaban J connectivity index is 1.57. The van der Waals surface area contributed by atoms with Crippen LogP contribution in [0.2, 0.25) is 0 Å². The zero-order chi connectivity index (χ0) is 20.1. The van der Waals surface area contributed by atoms with Gasteiger partial charge in [-0.05, 0) is 18.7 Å². The van der Waals surface area contributed by atoms with Crippen LogP contribution in [0.15, 0.2) is 28.4 Å². The number of carbonyl (C=O) groups is 2. The number of halogens is 1. The van der Waals surface area contributed by atoms with Gasteiger partial charge in [0, 0.05) is 38.3 Å². The number of nitrogens with one attached hydrogen (secondary N) is 1. The lowest BCUT2D eigenvalue weighted by atomic mass is 10.1. The fourth-order valence-electron chi connectivity index (χ4n) is 2.91. The molecular weight excluding hydrogens is 385 g/mol. The van der Waals surface area contributed by atoms with Gasteiger partial charge < -0.3 is 15.3 Å². The molecule has 2 N–H and O–H groups in total. The third-order valence-electron chi connectivity index (χ3n) is 4.56. The van der Waals surface area contributed by atoms with Crippen LogP contribution in [0.1, 0.15) is 17.5 Å². The zero-order valence-corrected chi connectivity index (χ0v) is 16.3. The van der Waals surface area contributed by atoms with Crippen LogP contribution in [0.5, 0.6) is 0 Å². The minimum absolute atomic E-state index is 0.236. The highest BCUT2D eigenvalue weighted by Crippen LogP contribution is 2.22. The van der Waals surface area contributed by atoms with E-state index in [-0.39, 0.29) is 17.4 Å². The highest BCUT2D eigenvalue weighted by atomic mass is 32.2. The van der Waals surface area contributed by atoms with E-state index in [9.17, 15) is 14.0 Å². The van der Waals surface area contributed by atoms with E-state index in [1.165, 1.54) is 12.3 Å². The second-order valence-corrected chi connectivity index (χ2v) is 7.97. The lowest BCUT2D eigenvalue weighted by Crippen LogP contribution is -2.44. The molecule has 150 valence electrons. The van der Waals surface area contributed by atoms with Gasteiger partial charge in [0.25, 0.3) is 0 Å². The Hall–Kier alpha value is -2.30. The molecular formula is C18H22FN5O3S. The van der Waals surface area contributed by atoms with E-state index < -0.39 is 17.1 Å². The number of rotatable bonds is 6. The second kappa shape index (κ2) is 9.26. The maximum absolute atomic E-state index is 14.4. The molecule has 1 atom stereocenters. The molecule has 2 fully saturated rings. The van der Waals surface area contributed by atoms with Crippen molar-refractivity contribution in [1.29, 1.82) is 0 Å². The number of nitrogens with zero attached hydrogens (tertiary/aromatic N) is 4. The van der Waals surface area contributed by atoms with Gasteiger partial charge in [0.1, 0.15) is 11.1 Å². The SMILES string of the molecule is CN1CCN(Cc2ccc(C=NN=C3NC(=O)C(CC(=O)O)S3)cc2F)CC1. The van der Waals surface area contributed by atoms with Crippen molar-refractivity contribution in [1.82, 2.24) is 15.1 Å². The average Bonchev–Trinajstić information content (AvgIpc) is 2.98. The molecule has 1 aromatic rings. The van der Waals surface area contributed by atoms with Crippen molar-refractivity contribution in [3.63, 3.8) is 0 Å². The largest absolute Gasteiger partial charge is 0.481 e. The molecule has 2 aliphatic rings. The molecule has 0 spiro atoms. The summed E-state index contributed by atoms with van der Waals surface area (Å²) in [5.74, 6) is -1.74. The molecule has 8 nitrogen and oxygen atoms in total. The van der Waals surface area contributed by atoms with Gasteiger partial charge in [-0.2, -0.15) is 5.10 Å². The number of benzene rings is 1. The summed E-state index contributed by atoms with van der Waals surface area (Å²) in [5, 5.41) is 18.5. The summed E-state index contributed by atoms with van der Waals surface area (Å²) in [6.45, 7) is 4.38. The summed E-state index contributed by atoms with van der Waals surface area (Å²) < 4.78 is 14.4. The molecule has 1 unspecified atom stereocenters. The van der Waals surface area contributed by atoms with Crippen LogP contribution in [-0.4, -0.2) is 76.6 Å². The average molecular weight is 407 g/mol. The number of hydrogen-bond donors (Lipinski definition) is 2. The Morgan fingerprint density at radius 2 is 2.14 bits per heavy atom. The van der Waals surface area contributed by atoms with Crippen LogP contribution in [0.4, 0.5) is 4.39 Å². The Morgan fingerprint density at radius 1 is 1.39 bits per heavy atom. The molecule has 3 rings (SSSR count).